The van der Waals surface area contributed by atoms with Crippen LogP contribution >= 0.6 is 0 Å². The Morgan fingerprint density at radius 3 is 2.50 bits per heavy atom. The quantitative estimate of drug-likeness (QED) is 0.724. The molecule has 3 rings (SSSR count). The van der Waals surface area contributed by atoms with Crippen molar-refractivity contribution in [1.82, 2.24) is 9.97 Å². The number of carboxylic acid groups (broad SMARTS) is 1. The highest BCUT2D eigenvalue weighted by atomic mass is 32.2. The number of benzene rings is 1. The summed E-state index contributed by atoms with van der Waals surface area (Å²) in [5.41, 5.74) is 0.478. The van der Waals surface area contributed by atoms with E-state index in [1.54, 1.807) is 24.3 Å². The Morgan fingerprint density at radius 2 is 1.83 bits per heavy atom. The minimum atomic E-state index is -4.22. The molecule has 3 aromatic rings. The van der Waals surface area contributed by atoms with Crippen molar-refractivity contribution >= 4 is 27.0 Å². The van der Waals surface area contributed by atoms with Crippen molar-refractivity contribution in [2.75, 3.05) is 0 Å². The van der Waals surface area contributed by atoms with E-state index in [-0.39, 0.29) is 10.4 Å². The van der Waals surface area contributed by atoms with Crippen molar-refractivity contribution in [3.8, 4) is 5.75 Å². The molecule has 0 aliphatic rings. The van der Waals surface area contributed by atoms with Crippen LogP contribution < -0.4 is 4.18 Å². The van der Waals surface area contributed by atoms with E-state index >= 15 is 0 Å². The van der Waals surface area contributed by atoms with Crippen LogP contribution in [0.25, 0.3) is 10.9 Å². The Morgan fingerprint density at radius 1 is 1.12 bits per heavy atom. The Kier molecular flexibility index (Phi) is 3.90. The summed E-state index contributed by atoms with van der Waals surface area (Å²) in [6.07, 6.45) is 2.72. The third-order valence-corrected chi connectivity index (χ3v) is 4.54. The fourth-order valence-electron chi connectivity index (χ4n) is 2.11. The molecule has 0 amide bonds. The van der Waals surface area contributed by atoms with Gasteiger partial charge in [-0.3, -0.25) is 4.98 Å². The van der Waals surface area contributed by atoms with Crippen LogP contribution in [-0.2, 0) is 10.1 Å². The zero-order valence-corrected chi connectivity index (χ0v) is 13.3. The molecule has 0 saturated carbocycles. The van der Waals surface area contributed by atoms with Gasteiger partial charge in [0.25, 0.3) is 0 Å². The van der Waals surface area contributed by atoms with Crippen LogP contribution in [0.3, 0.4) is 0 Å². The Hall–Kier alpha value is -3.00. The molecule has 0 bridgehead atoms. The number of carboxylic acids is 1. The SMILES string of the molecule is Cc1ccc(S(=O)(=O)Oc2c(C(=O)O)ncc3cccnc23)cc1. The molecule has 0 spiro atoms. The average molecular weight is 344 g/mol. The van der Waals surface area contributed by atoms with Crippen LogP contribution in [0.4, 0.5) is 0 Å². The number of aryl methyl sites for hydroxylation is 1. The smallest absolute Gasteiger partial charge is 0.358 e. The fraction of sp³-hybridized carbons (Fsp3) is 0.0625. The van der Waals surface area contributed by atoms with Gasteiger partial charge in [0.15, 0.2) is 5.69 Å². The van der Waals surface area contributed by atoms with E-state index in [2.05, 4.69) is 9.97 Å². The fourth-order valence-corrected chi connectivity index (χ4v) is 3.05. The molecule has 0 aliphatic carbocycles. The monoisotopic (exact) mass is 344 g/mol. The van der Waals surface area contributed by atoms with Gasteiger partial charge < -0.3 is 9.29 Å². The molecule has 122 valence electrons. The zero-order chi connectivity index (χ0) is 17.3. The summed E-state index contributed by atoms with van der Waals surface area (Å²) in [4.78, 5) is 19.1. The Balaban J connectivity index is 2.16. The van der Waals surface area contributed by atoms with E-state index in [1.807, 2.05) is 6.92 Å². The summed E-state index contributed by atoms with van der Waals surface area (Å²) in [5, 5.41) is 9.73. The van der Waals surface area contributed by atoms with Crippen LogP contribution in [0.5, 0.6) is 5.75 Å². The highest BCUT2D eigenvalue weighted by molar-refractivity contribution is 7.87. The van der Waals surface area contributed by atoms with Gasteiger partial charge in [-0.1, -0.05) is 17.7 Å². The lowest BCUT2D eigenvalue weighted by Gasteiger charge is -2.11. The molecule has 0 saturated heterocycles. The van der Waals surface area contributed by atoms with Crippen LogP contribution in [0, 0.1) is 6.92 Å². The van der Waals surface area contributed by atoms with Gasteiger partial charge in [-0.2, -0.15) is 8.42 Å². The second kappa shape index (κ2) is 5.89. The topological polar surface area (TPSA) is 106 Å². The van der Waals surface area contributed by atoms with Gasteiger partial charge in [0, 0.05) is 17.8 Å². The minimum Gasteiger partial charge on any atom is -0.476 e. The van der Waals surface area contributed by atoms with Crippen LogP contribution in [0.15, 0.2) is 53.7 Å². The first kappa shape index (κ1) is 15.9. The first-order valence-corrected chi connectivity index (χ1v) is 8.27. The maximum Gasteiger partial charge on any atom is 0.358 e. The lowest BCUT2D eigenvalue weighted by atomic mass is 10.2. The summed E-state index contributed by atoms with van der Waals surface area (Å²) in [6.45, 7) is 1.82. The van der Waals surface area contributed by atoms with Gasteiger partial charge in [-0.15, -0.1) is 0 Å². The van der Waals surface area contributed by atoms with Gasteiger partial charge in [0.2, 0.25) is 5.75 Å². The second-order valence-corrected chi connectivity index (χ2v) is 6.58. The lowest BCUT2D eigenvalue weighted by Crippen LogP contribution is -2.14. The van der Waals surface area contributed by atoms with E-state index in [4.69, 9.17) is 4.18 Å². The van der Waals surface area contributed by atoms with Gasteiger partial charge in [-0.05, 0) is 31.2 Å². The zero-order valence-electron chi connectivity index (χ0n) is 12.5. The highest BCUT2D eigenvalue weighted by Crippen LogP contribution is 2.29. The normalized spacial score (nSPS) is 11.4. The molecule has 0 unspecified atom stereocenters. The number of aromatic carboxylic acids is 1. The molecular weight excluding hydrogens is 332 g/mol. The number of hydrogen-bond acceptors (Lipinski definition) is 6. The van der Waals surface area contributed by atoms with Gasteiger partial charge in [0.1, 0.15) is 10.4 Å². The molecule has 24 heavy (non-hydrogen) atoms. The van der Waals surface area contributed by atoms with E-state index < -0.39 is 27.5 Å². The third-order valence-electron chi connectivity index (χ3n) is 3.31. The molecule has 1 N–H and O–H groups in total. The molecular formula is C16H12N2O5S. The molecule has 0 aliphatic heterocycles. The van der Waals surface area contributed by atoms with E-state index in [0.29, 0.717) is 5.39 Å². The maximum atomic E-state index is 12.5. The van der Waals surface area contributed by atoms with E-state index in [9.17, 15) is 18.3 Å². The summed E-state index contributed by atoms with van der Waals surface area (Å²) < 4.78 is 30.0. The number of rotatable bonds is 4. The summed E-state index contributed by atoms with van der Waals surface area (Å²) in [6, 6.07) is 9.27. The molecule has 7 nitrogen and oxygen atoms in total. The van der Waals surface area contributed by atoms with Crippen LogP contribution in [-0.4, -0.2) is 29.5 Å². The number of nitrogens with zero attached hydrogens (tertiary/aromatic N) is 2. The summed E-state index contributed by atoms with van der Waals surface area (Å²) >= 11 is 0. The first-order chi connectivity index (χ1) is 11.4. The molecule has 2 heterocycles. The standard InChI is InChI=1S/C16H12N2O5S/c1-10-4-6-12(7-5-10)24(21,22)23-15-13-11(3-2-8-17-13)9-18-14(15)16(19)20/h2-9H,1H3,(H,19,20). The predicted molar refractivity (Wildman–Crippen MR) is 85.5 cm³/mol. The largest absolute Gasteiger partial charge is 0.476 e. The van der Waals surface area contributed by atoms with Crippen LogP contribution in [0.1, 0.15) is 16.1 Å². The molecule has 8 heteroatoms. The highest BCUT2D eigenvalue weighted by Gasteiger charge is 2.25. The van der Waals surface area contributed by atoms with Crippen molar-refractivity contribution in [2.45, 2.75) is 11.8 Å². The molecule has 0 radical (unpaired) electrons. The molecule has 0 atom stereocenters. The molecule has 1 aromatic carbocycles. The number of pyridine rings is 2. The molecule has 0 fully saturated rings. The molecule has 2 aromatic heterocycles. The van der Waals surface area contributed by atoms with Crippen molar-refractivity contribution < 1.29 is 22.5 Å². The number of carbonyl (C=O) groups is 1. The second-order valence-electron chi connectivity index (χ2n) is 5.03. The van der Waals surface area contributed by atoms with Crippen molar-refractivity contribution in [1.29, 1.82) is 0 Å². The van der Waals surface area contributed by atoms with E-state index in [1.165, 1.54) is 24.5 Å². The van der Waals surface area contributed by atoms with Gasteiger partial charge in [0.05, 0.1) is 0 Å². The summed E-state index contributed by atoms with van der Waals surface area (Å²) in [7, 11) is -4.22. The minimum absolute atomic E-state index is 0.0858. The van der Waals surface area contributed by atoms with Crippen molar-refractivity contribution in [3.63, 3.8) is 0 Å². The van der Waals surface area contributed by atoms with Crippen LogP contribution in [0.2, 0.25) is 0 Å². The third kappa shape index (κ3) is 2.91. The Labute approximate surface area is 137 Å². The van der Waals surface area contributed by atoms with Crippen molar-refractivity contribution in [3.05, 3.63) is 60.0 Å². The van der Waals surface area contributed by atoms with E-state index in [0.717, 1.165) is 5.56 Å². The predicted octanol–water partition coefficient (Wildman–Crippen LogP) is 2.40. The summed E-state index contributed by atoms with van der Waals surface area (Å²) in [5.74, 6) is -1.81. The van der Waals surface area contributed by atoms with Crippen molar-refractivity contribution in [2.24, 2.45) is 0 Å². The van der Waals surface area contributed by atoms with Gasteiger partial charge >= 0.3 is 16.1 Å². The van der Waals surface area contributed by atoms with Gasteiger partial charge in [-0.25, -0.2) is 9.78 Å². The number of fused-ring (bicyclic) bond motifs is 1. The maximum absolute atomic E-state index is 12.5. The number of hydrogen-bond donors (Lipinski definition) is 1. The first-order valence-electron chi connectivity index (χ1n) is 6.86. The number of aromatic nitrogens is 2. The lowest BCUT2D eigenvalue weighted by molar-refractivity contribution is 0.0689. The Bertz CT molecular complexity index is 1030. The average Bonchev–Trinajstić information content (AvgIpc) is 2.55.